The number of hydrogen-bond donors (Lipinski definition) is 1. The van der Waals surface area contributed by atoms with Crippen LogP contribution in [0.15, 0.2) is 103 Å². The van der Waals surface area contributed by atoms with Gasteiger partial charge < -0.3 is 14.8 Å². The van der Waals surface area contributed by atoms with Crippen molar-refractivity contribution in [1.82, 2.24) is 0 Å². The van der Waals surface area contributed by atoms with Crippen molar-refractivity contribution >= 4 is 11.6 Å². The topological polar surface area (TPSA) is 47.6 Å². The van der Waals surface area contributed by atoms with E-state index < -0.39 is 0 Å². The maximum Gasteiger partial charge on any atom is 0.255 e. The lowest BCUT2D eigenvalue weighted by molar-refractivity contribution is 0.102. The molecule has 31 heavy (non-hydrogen) atoms. The molecule has 0 aliphatic rings. The lowest BCUT2D eigenvalue weighted by atomic mass is 10.1. The summed E-state index contributed by atoms with van der Waals surface area (Å²) >= 11 is 0. The van der Waals surface area contributed by atoms with Gasteiger partial charge in [0, 0.05) is 11.3 Å². The highest BCUT2D eigenvalue weighted by Crippen LogP contribution is 2.29. The normalized spacial score (nSPS) is 10.4. The number of ether oxygens (including phenoxy) is 2. The summed E-state index contributed by atoms with van der Waals surface area (Å²) in [7, 11) is 1.56. The summed E-state index contributed by atoms with van der Waals surface area (Å²) in [4.78, 5) is 12.7. The molecule has 0 spiro atoms. The Balaban J connectivity index is 1.43. The molecule has 154 valence electrons. The third-order valence-corrected chi connectivity index (χ3v) is 4.91. The number of methoxy groups -OCH3 is 1. The second-order valence-electron chi connectivity index (χ2n) is 7.04. The van der Waals surface area contributed by atoms with Crippen molar-refractivity contribution in [3.8, 4) is 22.6 Å². The Labute approximate surface area is 182 Å². The second kappa shape index (κ2) is 9.63. The van der Waals surface area contributed by atoms with Crippen LogP contribution in [0.1, 0.15) is 15.9 Å². The van der Waals surface area contributed by atoms with Crippen LogP contribution in [-0.2, 0) is 6.61 Å². The lowest BCUT2D eigenvalue weighted by Gasteiger charge is -2.13. The molecular formula is C27H23NO3. The first-order chi connectivity index (χ1) is 15.2. The van der Waals surface area contributed by atoms with Gasteiger partial charge in [0.25, 0.3) is 5.91 Å². The van der Waals surface area contributed by atoms with Crippen molar-refractivity contribution in [3.05, 3.63) is 114 Å². The third kappa shape index (κ3) is 5.11. The van der Waals surface area contributed by atoms with Gasteiger partial charge in [0.2, 0.25) is 0 Å². The summed E-state index contributed by atoms with van der Waals surface area (Å²) in [6.07, 6.45) is 0. The van der Waals surface area contributed by atoms with Gasteiger partial charge in [0.15, 0.2) is 11.5 Å². The van der Waals surface area contributed by atoms with Crippen molar-refractivity contribution in [2.75, 3.05) is 12.4 Å². The van der Waals surface area contributed by atoms with Gasteiger partial charge >= 0.3 is 0 Å². The van der Waals surface area contributed by atoms with E-state index in [4.69, 9.17) is 9.47 Å². The van der Waals surface area contributed by atoms with Gasteiger partial charge in [-0.15, -0.1) is 0 Å². The summed E-state index contributed by atoms with van der Waals surface area (Å²) in [6.45, 7) is 0.427. The number of carbonyl (C=O) groups is 1. The van der Waals surface area contributed by atoms with Crippen LogP contribution in [0.25, 0.3) is 11.1 Å². The SMILES string of the molecule is COc1cc(C(=O)Nc2ccc(-c3ccccc3)cc2)ccc1OCc1ccccc1. The van der Waals surface area contributed by atoms with Crippen molar-refractivity contribution < 1.29 is 14.3 Å². The van der Waals surface area contributed by atoms with Gasteiger partial charge in [-0.3, -0.25) is 4.79 Å². The molecule has 1 N–H and O–H groups in total. The number of rotatable bonds is 7. The molecule has 0 saturated heterocycles. The monoisotopic (exact) mass is 409 g/mol. The number of carbonyl (C=O) groups excluding carboxylic acids is 1. The highest BCUT2D eigenvalue weighted by atomic mass is 16.5. The fourth-order valence-corrected chi connectivity index (χ4v) is 3.24. The summed E-state index contributed by atoms with van der Waals surface area (Å²) in [5, 5.41) is 2.93. The maximum atomic E-state index is 12.7. The van der Waals surface area contributed by atoms with Gasteiger partial charge in [-0.1, -0.05) is 72.8 Å². The van der Waals surface area contributed by atoms with Crippen LogP contribution in [0.3, 0.4) is 0 Å². The first kappa shape index (κ1) is 20.2. The predicted molar refractivity (Wildman–Crippen MR) is 124 cm³/mol. The zero-order valence-corrected chi connectivity index (χ0v) is 17.2. The molecular weight excluding hydrogens is 386 g/mol. The number of hydrogen-bond acceptors (Lipinski definition) is 3. The molecule has 4 aromatic carbocycles. The van der Waals surface area contributed by atoms with Crippen LogP contribution < -0.4 is 14.8 Å². The fraction of sp³-hybridized carbons (Fsp3) is 0.0741. The van der Waals surface area contributed by atoms with Crippen LogP contribution in [0.5, 0.6) is 11.5 Å². The molecule has 4 nitrogen and oxygen atoms in total. The summed E-state index contributed by atoms with van der Waals surface area (Å²) in [6, 6.07) is 33.0. The van der Waals surface area contributed by atoms with Crippen molar-refractivity contribution in [2.24, 2.45) is 0 Å². The zero-order valence-electron chi connectivity index (χ0n) is 17.2. The Morgan fingerprint density at radius 2 is 1.39 bits per heavy atom. The van der Waals surface area contributed by atoms with E-state index in [1.54, 1.807) is 25.3 Å². The average Bonchev–Trinajstić information content (AvgIpc) is 2.84. The Morgan fingerprint density at radius 3 is 2.06 bits per heavy atom. The van der Waals surface area contributed by atoms with Crippen molar-refractivity contribution in [3.63, 3.8) is 0 Å². The van der Waals surface area contributed by atoms with E-state index in [-0.39, 0.29) is 5.91 Å². The number of nitrogens with one attached hydrogen (secondary N) is 1. The molecule has 0 heterocycles. The van der Waals surface area contributed by atoms with Gasteiger partial charge in [0.1, 0.15) is 6.61 Å². The van der Waals surface area contributed by atoms with Gasteiger partial charge in [0.05, 0.1) is 7.11 Å². The highest BCUT2D eigenvalue weighted by molar-refractivity contribution is 6.04. The van der Waals surface area contributed by atoms with Crippen LogP contribution in [0.2, 0.25) is 0 Å². The minimum absolute atomic E-state index is 0.208. The molecule has 0 radical (unpaired) electrons. The minimum Gasteiger partial charge on any atom is -0.493 e. The predicted octanol–water partition coefficient (Wildman–Crippen LogP) is 6.19. The number of benzene rings is 4. The zero-order chi connectivity index (χ0) is 21.5. The molecule has 0 atom stereocenters. The van der Waals surface area contributed by atoms with Gasteiger partial charge in [-0.05, 0) is 47.0 Å². The first-order valence-electron chi connectivity index (χ1n) is 10.0. The minimum atomic E-state index is -0.208. The van der Waals surface area contributed by atoms with E-state index in [0.29, 0.717) is 23.7 Å². The van der Waals surface area contributed by atoms with E-state index in [2.05, 4.69) is 17.4 Å². The third-order valence-electron chi connectivity index (χ3n) is 4.91. The van der Waals surface area contributed by atoms with Crippen LogP contribution >= 0.6 is 0 Å². The standard InChI is InChI=1S/C27H23NO3/c1-30-26-18-23(14-17-25(26)31-19-20-8-4-2-5-9-20)27(29)28-24-15-12-22(13-16-24)21-10-6-3-7-11-21/h2-18H,19H2,1H3,(H,28,29). The molecule has 0 fully saturated rings. The van der Waals surface area contributed by atoms with Crippen LogP contribution in [0.4, 0.5) is 5.69 Å². The molecule has 0 aliphatic heterocycles. The molecule has 4 rings (SSSR count). The van der Waals surface area contributed by atoms with E-state index in [1.165, 1.54) is 0 Å². The van der Waals surface area contributed by atoms with Crippen LogP contribution in [-0.4, -0.2) is 13.0 Å². The van der Waals surface area contributed by atoms with Gasteiger partial charge in [-0.25, -0.2) is 0 Å². The lowest BCUT2D eigenvalue weighted by Crippen LogP contribution is -2.12. The Bertz CT molecular complexity index is 1140. The smallest absolute Gasteiger partial charge is 0.255 e. The van der Waals surface area contributed by atoms with Crippen LogP contribution in [0, 0.1) is 0 Å². The molecule has 0 unspecified atom stereocenters. The molecule has 4 aromatic rings. The van der Waals surface area contributed by atoms with E-state index in [9.17, 15) is 4.79 Å². The fourth-order valence-electron chi connectivity index (χ4n) is 3.24. The quantitative estimate of drug-likeness (QED) is 0.396. The summed E-state index contributed by atoms with van der Waals surface area (Å²) in [5.41, 5.74) is 4.52. The van der Waals surface area contributed by atoms with Crippen molar-refractivity contribution in [1.29, 1.82) is 0 Å². The van der Waals surface area contributed by atoms with E-state index in [1.807, 2.05) is 72.8 Å². The molecule has 0 saturated carbocycles. The second-order valence-corrected chi connectivity index (χ2v) is 7.04. The Kier molecular flexibility index (Phi) is 6.29. The number of amides is 1. The highest BCUT2D eigenvalue weighted by Gasteiger charge is 2.12. The molecule has 0 bridgehead atoms. The van der Waals surface area contributed by atoms with Gasteiger partial charge in [-0.2, -0.15) is 0 Å². The molecule has 4 heteroatoms. The molecule has 0 aliphatic carbocycles. The van der Waals surface area contributed by atoms with E-state index in [0.717, 1.165) is 22.4 Å². The van der Waals surface area contributed by atoms with Crippen molar-refractivity contribution in [2.45, 2.75) is 6.61 Å². The Hall–Kier alpha value is -4.05. The van der Waals surface area contributed by atoms with E-state index >= 15 is 0 Å². The Morgan fingerprint density at radius 1 is 0.742 bits per heavy atom. The maximum absolute atomic E-state index is 12.7. The summed E-state index contributed by atoms with van der Waals surface area (Å²) < 4.78 is 11.3. The largest absolute Gasteiger partial charge is 0.493 e. The molecule has 0 aromatic heterocycles. The summed E-state index contributed by atoms with van der Waals surface area (Å²) in [5.74, 6) is 0.901. The first-order valence-corrected chi connectivity index (χ1v) is 10.0. The average molecular weight is 409 g/mol. The number of anilines is 1. The molecule has 1 amide bonds.